The monoisotopic (exact) mass is 618 g/mol. The van der Waals surface area contributed by atoms with E-state index in [0.29, 0.717) is 0 Å². The van der Waals surface area contributed by atoms with Crippen LogP contribution in [0.15, 0.2) is 54.6 Å². The van der Waals surface area contributed by atoms with Crippen LogP contribution in [0.25, 0.3) is 0 Å². The van der Waals surface area contributed by atoms with Crippen molar-refractivity contribution in [3.63, 3.8) is 0 Å². The number of amides is 1. The molecule has 0 aliphatic carbocycles. The number of nitriles is 1. The van der Waals surface area contributed by atoms with Gasteiger partial charge in [-0.2, -0.15) is 40.4 Å². The van der Waals surface area contributed by atoms with Gasteiger partial charge in [-0.05, 0) is 55.0 Å². The highest BCUT2D eigenvalue weighted by Gasteiger charge is 2.73. The average Bonchev–Trinajstić information content (AvgIpc) is 2.92. The molecular formula is C28H19F9N2O4. The Labute approximate surface area is 237 Å². The van der Waals surface area contributed by atoms with Crippen LogP contribution < -0.4 is 14.8 Å². The van der Waals surface area contributed by atoms with E-state index >= 15 is 0 Å². The summed E-state index contributed by atoms with van der Waals surface area (Å²) in [5.74, 6) is -3.09. The number of para-hydroxylation sites is 1. The topological polar surface area (TPSA) is 88.4 Å². The van der Waals surface area contributed by atoms with Crippen molar-refractivity contribution in [1.29, 1.82) is 5.26 Å². The summed E-state index contributed by atoms with van der Waals surface area (Å²) in [6.07, 6.45) is -13.9. The standard InChI is InChI=1S/C28H19F9N2O4/c1-14-10-17(26(31,27(32,33)34)28(35,36)37)11-22(43-25(29)30)19(14)12-21(40)18-4-3-5-20(23(18)42-2)39-24(41)16-8-6-15(13-38)7-9-16/h3-11,25H,12H2,1-2H3,(H,39,41). The van der Waals surface area contributed by atoms with Crippen molar-refractivity contribution in [2.45, 2.75) is 38.0 Å². The Bertz CT molecular complexity index is 1550. The van der Waals surface area contributed by atoms with Crippen LogP contribution in [-0.2, 0) is 12.1 Å². The van der Waals surface area contributed by atoms with Crippen molar-refractivity contribution in [1.82, 2.24) is 0 Å². The summed E-state index contributed by atoms with van der Waals surface area (Å²) in [6, 6.07) is 11.2. The number of nitrogens with zero attached hydrogens (tertiary/aromatic N) is 1. The molecule has 0 aliphatic heterocycles. The van der Waals surface area contributed by atoms with Crippen molar-refractivity contribution >= 4 is 17.4 Å². The Morgan fingerprint density at radius 2 is 1.56 bits per heavy atom. The first kappa shape index (κ1) is 32.8. The van der Waals surface area contributed by atoms with Crippen LogP contribution in [0, 0.1) is 18.3 Å². The number of Topliss-reactive ketones (excluding diaryl/α,β-unsaturated/α-hetero) is 1. The Kier molecular flexibility index (Phi) is 9.33. The van der Waals surface area contributed by atoms with Crippen LogP contribution in [0.4, 0.5) is 45.2 Å². The molecule has 0 bridgehead atoms. The number of ketones is 1. The number of carbonyl (C=O) groups is 2. The highest BCUT2D eigenvalue weighted by Crippen LogP contribution is 2.54. The van der Waals surface area contributed by atoms with Crippen LogP contribution in [0.3, 0.4) is 0 Å². The number of alkyl halides is 9. The first-order valence-electron chi connectivity index (χ1n) is 11.9. The molecule has 1 N–H and O–H groups in total. The van der Waals surface area contributed by atoms with Crippen LogP contribution in [0.1, 0.15) is 43.0 Å². The summed E-state index contributed by atoms with van der Waals surface area (Å²) in [7, 11) is 1.13. The molecule has 43 heavy (non-hydrogen) atoms. The zero-order valence-electron chi connectivity index (χ0n) is 22.0. The third-order valence-electron chi connectivity index (χ3n) is 6.21. The van der Waals surface area contributed by atoms with Gasteiger partial charge in [0.05, 0.1) is 30.0 Å². The molecule has 0 heterocycles. The van der Waals surface area contributed by atoms with Crippen LogP contribution in [0.5, 0.6) is 11.5 Å². The normalized spacial score (nSPS) is 12.1. The number of nitrogens with one attached hydrogen (secondary N) is 1. The predicted molar refractivity (Wildman–Crippen MR) is 133 cm³/mol. The Hall–Kier alpha value is -4.74. The number of anilines is 1. The van der Waals surface area contributed by atoms with E-state index < -0.39 is 65.2 Å². The molecule has 3 aromatic rings. The summed E-state index contributed by atoms with van der Waals surface area (Å²) in [4.78, 5) is 25.9. The largest absolute Gasteiger partial charge is 0.494 e. The number of ether oxygens (including phenoxy) is 2. The highest BCUT2D eigenvalue weighted by atomic mass is 19.4. The van der Waals surface area contributed by atoms with E-state index in [1.165, 1.54) is 42.5 Å². The zero-order chi connectivity index (χ0) is 32.3. The molecule has 0 saturated carbocycles. The van der Waals surface area contributed by atoms with Crippen LogP contribution in [-0.4, -0.2) is 37.8 Å². The van der Waals surface area contributed by atoms with E-state index in [9.17, 15) is 49.1 Å². The Morgan fingerprint density at radius 1 is 0.953 bits per heavy atom. The van der Waals surface area contributed by atoms with Gasteiger partial charge in [0.2, 0.25) is 0 Å². The Balaban J connectivity index is 2.03. The van der Waals surface area contributed by atoms with Gasteiger partial charge >= 0.3 is 24.6 Å². The lowest BCUT2D eigenvalue weighted by Gasteiger charge is -2.31. The van der Waals surface area contributed by atoms with Crippen molar-refractivity contribution in [3.05, 3.63) is 88.0 Å². The van der Waals surface area contributed by atoms with Gasteiger partial charge in [0.1, 0.15) is 5.75 Å². The van der Waals surface area contributed by atoms with E-state index in [1.807, 2.05) is 6.07 Å². The molecule has 0 aliphatic rings. The quantitative estimate of drug-likeness (QED) is 0.199. The summed E-state index contributed by atoms with van der Waals surface area (Å²) < 4.78 is 130. The molecular weight excluding hydrogens is 599 g/mol. The number of carbonyl (C=O) groups excluding carboxylic acids is 2. The van der Waals surface area contributed by atoms with Gasteiger partial charge in [0.25, 0.3) is 5.91 Å². The molecule has 0 radical (unpaired) electrons. The third kappa shape index (κ3) is 6.68. The van der Waals surface area contributed by atoms with Crippen molar-refractivity contribution < 1.29 is 58.6 Å². The van der Waals surface area contributed by atoms with E-state index in [2.05, 4.69) is 10.1 Å². The van der Waals surface area contributed by atoms with E-state index in [4.69, 9.17) is 10.00 Å². The molecule has 228 valence electrons. The molecule has 3 aromatic carbocycles. The lowest BCUT2D eigenvalue weighted by Crippen LogP contribution is -2.50. The van der Waals surface area contributed by atoms with Crippen LogP contribution >= 0.6 is 0 Å². The molecule has 0 unspecified atom stereocenters. The second-order valence-corrected chi connectivity index (χ2v) is 8.93. The molecule has 0 aromatic heterocycles. The summed E-state index contributed by atoms with van der Waals surface area (Å²) >= 11 is 0. The number of halogens is 9. The van der Waals surface area contributed by atoms with Crippen LogP contribution in [0.2, 0.25) is 0 Å². The van der Waals surface area contributed by atoms with Gasteiger partial charge < -0.3 is 14.8 Å². The molecule has 0 saturated heterocycles. The number of hydrogen-bond donors (Lipinski definition) is 1. The molecule has 3 rings (SSSR count). The molecule has 0 fully saturated rings. The summed E-state index contributed by atoms with van der Waals surface area (Å²) in [5, 5.41) is 11.4. The van der Waals surface area contributed by atoms with Gasteiger partial charge in [-0.3, -0.25) is 9.59 Å². The average molecular weight is 618 g/mol. The first-order valence-corrected chi connectivity index (χ1v) is 11.9. The number of benzene rings is 3. The molecule has 0 spiro atoms. The second kappa shape index (κ2) is 12.2. The molecule has 0 atom stereocenters. The number of methoxy groups -OCH3 is 1. The minimum absolute atomic E-state index is 0.0311. The van der Waals surface area contributed by atoms with Gasteiger partial charge in [-0.1, -0.05) is 12.1 Å². The predicted octanol–water partition coefficient (Wildman–Crippen LogP) is 7.44. The fourth-order valence-corrected chi connectivity index (χ4v) is 4.12. The van der Waals surface area contributed by atoms with Crippen molar-refractivity contribution in [2.24, 2.45) is 0 Å². The maximum Gasteiger partial charge on any atom is 0.435 e. The molecule has 15 heteroatoms. The minimum atomic E-state index is -6.52. The first-order chi connectivity index (χ1) is 19.9. The van der Waals surface area contributed by atoms with E-state index in [-0.39, 0.29) is 40.3 Å². The maximum absolute atomic E-state index is 14.7. The third-order valence-corrected chi connectivity index (χ3v) is 6.21. The maximum atomic E-state index is 14.7. The number of rotatable bonds is 9. The molecule has 6 nitrogen and oxygen atoms in total. The minimum Gasteiger partial charge on any atom is -0.494 e. The van der Waals surface area contributed by atoms with E-state index in [1.54, 1.807) is 0 Å². The van der Waals surface area contributed by atoms with Gasteiger partial charge in [0, 0.05) is 23.1 Å². The van der Waals surface area contributed by atoms with E-state index in [0.717, 1.165) is 14.0 Å². The fourth-order valence-electron chi connectivity index (χ4n) is 4.12. The summed E-state index contributed by atoms with van der Waals surface area (Å²) in [5.41, 5.74) is -9.00. The SMILES string of the molecule is COc1c(NC(=O)c2ccc(C#N)cc2)cccc1C(=O)Cc1c(C)cc(C(F)(C(F)(F)F)C(F)(F)F)cc1OC(F)F. The number of hydrogen-bond acceptors (Lipinski definition) is 5. The van der Waals surface area contributed by atoms with Crippen molar-refractivity contribution in [2.75, 3.05) is 12.4 Å². The molecule has 1 amide bonds. The lowest BCUT2D eigenvalue weighted by molar-refractivity contribution is -0.348. The lowest BCUT2D eigenvalue weighted by atomic mass is 9.89. The van der Waals surface area contributed by atoms with Crippen molar-refractivity contribution in [3.8, 4) is 17.6 Å². The Morgan fingerprint density at radius 3 is 2.07 bits per heavy atom. The van der Waals surface area contributed by atoms with Gasteiger partial charge in [0.15, 0.2) is 11.5 Å². The smallest absolute Gasteiger partial charge is 0.435 e. The zero-order valence-corrected chi connectivity index (χ0v) is 22.0. The number of aryl methyl sites for hydroxylation is 1. The summed E-state index contributed by atoms with van der Waals surface area (Å²) in [6.45, 7) is -2.87. The highest BCUT2D eigenvalue weighted by molar-refractivity contribution is 6.07. The van der Waals surface area contributed by atoms with Gasteiger partial charge in [-0.25, -0.2) is 4.39 Å². The van der Waals surface area contributed by atoms with Gasteiger partial charge in [-0.15, -0.1) is 0 Å². The second-order valence-electron chi connectivity index (χ2n) is 8.93. The fraction of sp³-hybridized carbons (Fsp3) is 0.250.